The Bertz CT molecular complexity index is 1300. The Labute approximate surface area is 187 Å². The van der Waals surface area contributed by atoms with Crippen LogP contribution in [0.15, 0.2) is 58.6 Å². The number of hydrogen-bond donors (Lipinski definition) is 1. The summed E-state index contributed by atoms with van der Waals surface area (Å²) in [7, 11) is 1.63. The average molecular weight is 450 g/mol. The van der Waals surface area contributed by atoms with Crippen LogP contribution >= 0.6 is 22.7 Å². The molecule has 0 radical (unpaired) electrons. The van der Waals surface area contributed by atoms with Crippen molar-refractivity contribution >= 4 is 45.4 Å². The molecule has 8 heteroatoms. The highest BCUT2D eigenvalue weighted by atomic mass is 32.1. The topological polar surface area (TPSA) is 71.5 Å². The van der Waals surface area contributed by atoms with Crippen molar-refractivity contribution < 1.29 is 14.3 Å². The molecule has 0 bridgehead atoms. The van der Waals surface area contributed by atoms with Crippen molar-refractivity contribution in [3.05, 3.63) is 69.9 Å². The molecule has 3 heterocycles. The Morgan fingerprint density at radius 3 is 2.68 bits per heavy atom. The number of urea groups is 1. The molecule has 1 aliphatic rings. The van der Waals surface area contributed by atoms with E-state index in [0.717, 1.165) is 32.7 Å². The largest absolute Gasteiger partial charge is 0.497 e. The van der Waals surface area contributed by atoms with Gasteiger partial charge in [-0.25, -0.2) is 9.78 Å². The van der Waals surface area contributed by atoms with Gasteiger partial charge < -0.3 is 10.1 Å². The first-order chi connectivity index (χ1) is 15.0. The molecule has 1 N–H and O–H groups in total. The van der Waals surface area contributed by atoms with Gasteiger partial charge in [0.25, 0.3) is 5.91 Å². The van der Waals surface area contributed by atoms with Crippen molar-refractivity contribution in [1.29, 1.82) is 0 Å². The molecule has 1 saturated heterocycles. The van der Waals surface area contributed by atoms with Crippen molar-refractivity contribution in [3.63, 3.8) is 0 Å². The first-order valence-electron chi connectivity index (χ1n) is 9.67. The Morgan fingerprint density at radius 2 is 1.90 bits per heavy atom. The van der Waals surface area contributed by atoms with Crippen LogP contribution in [0.3, 0.4) is 0 Å². The minimum atomic E-state index is -1.13. The Kier molecular flexibility index (Phi) is 4.75. The Balaban J connectivity index is 1.42. The fourth-order valence-electron chi connectivity index (χ4n) is 3.76. The van der Waals surface area contributed by atoms with E-state index in [1.807, 2.05) is 58.6 Å². The van der Waals surface area contributed by atoms with Crippen LogP contribution in [0.5, 0.6) is 5.75 Å². The second-order valence-corrected chi connectivity index (χ2v) is 9.17. The summed E-state index contributed by atoms with van der Waals surface area (Å²) in [5.41, 5.74) is 1.36. The maximum atomic E-state index is 13.3. The lowest BCUT2D eigenvalue weighted by Gasteiger charge is -2.22. The van der Waals surface area contributed by atoms with Crippen molar-refractivity contribution in [2.24, 2.45) is 0 Å². The minimum absolute atomic E-state index is 0.145. The molecule has 5 rings (SSSR count). The third-order valence-corrected chi connectivity index (χ3v) is 7.16. The second kappa shape index (κ2) is 7.47. The number of aromatic nitrogens is 1. The zero-order chi connectivity index (χ0) is 21.6. The Morgan fingerprint density at radius 1 is 1.10 bits per heavy atom. The van der Waals surface area contributed by atoms with Crippen LogP contribution in [-0.2, 0) is 16.9 Å². The molecule has 0 spiro atoms. The maximum Gasteiger partial charge on any atom is 0.325 e. The van der Waals surface area contributed by atoms with Crippen molar-refractivity contribution in [2.75, 3.05) is 7.11 Å². The van der Waals surface area contributed by atoms with Gasteiger partial charge in [-0.05, 0) is 52.9 Å². The van der Waals surface area contributed by atoms with Crippen LogP contribution in [0.2, 0.25) is 0 Å². The van der Waals surface area contributed by atoms with Gasteiger partial charge in [0.2, 0.25) is 0 Å². The lowest BCUT2D eigenvalue weighted by Crippen LogP contribution is -2.40. The number of amides is 3. The summed E-state index contributed by atoms with van der Waals surface area (Å²) in [5, 5.41) is 11.7. The highest BCUT2D eigenvalue weighted by Crippen LogP contribution is 2.33. The standard InChI is InChI=1S/C23H19N3O3S2/c1-23(17-5-3-15-10-19(29-2)6-4-14(15)9-17)21(27)26(22(28)25-23)11-18-13-31-20(24-18)16-7-8-30-12-16/h3-10,12-13H,11H2,1-2H3,(H,25,28). The number of methoxy groups -OCH3 is 1. The normalized spacial score (nSPS) is 18.6. The molecule has 0 saturated carbocycles. The Hall–Kier alpha value is -3.23. The molecule has 1 unspecified atom stereocenters. The molecular formula is C23H19N3O3S2. The molecule has 3 amide bonds. The molecule has 1 fully saturated rings. The van der Waals surface area contributed by atoms with Gasteiger partial charge in [-0.15, -0.1) is 11.3 Å². The maximum absolute atomic E-state index is 13.3. The fraction of sp³-hybridized carbons (Fsp3) is 0.174. The van der Waals surface area contributed by atoms with Gasteiger partial charge in [0, 0.05) is 16.3 Å². The number of imide groups is 1. The first kappa shape index (κ1) is 19.7. The summed E-state index contributed by atoms with van der Waals surface area (Å²) >= 11 is 3.12. The second-order valence-electron chi connectivity index (χ2n) is 7.53. The molecule has 0 aliphatic carbocycles. The van der Waals surface area contributed by atoms with Crippen LogP contribution in [0.25, 0.3) is 21.3 Å². The third-order valence-electron chi connectivity index (χ3n) is 5.54. The van der Waals surface area contributed by atoms with E-state index in [9.17, 15) is 9.59 Å². The van der Waals surface area contributed by atoms with Crippen LogP contribution in [0.1, 0.15) is 18.2 Å². The van der Waals surface area contributed by atoms with Crippen LogP contribution in [0.4, 0.5) is 4.79 Å². The van der Waals surface area contributed by atoms with Gasteiger partial charge in [-0.1, -0.05) is 18.2 Å². The number of fused-ring (bicyclic) bond motifs is 1. The highest BCUT2D eigenvalue weighted by Gasteiger charge is 2.49. The van der Waals surface area contributed by atoms with Gasteiger partial charge in [0.05, 0.1) is 19.3 Å². The molecule has 31 heavy (non-hydrogen) atoms. The quantitative estimate of drug-likeness (QED) is 0.435. The lowest BCUT2D eigenvalue weighted by molar-refractivity contribution is -0.131. The van der Waals surface area contributed by atoms with E-state index >= 15 is 0 Å². The molecule has 1 aliphatic heterocycles. The average Bonchev–Trinajstić information content (AvgIpc) is 3.51. The van der Waals surface area contributed by atoms with E-state index in [2.05, 4.69) is 10.3 Å². The van der Waals surface area contributed by atoms with E-state index in [1.165, 1.54) is 16.2 Å². The van der Waals surface area contributed by atoms with Crippen LogP contribution < -0.4 is 10.1 Å². The zero-order valence-corrected chi connectivity index (χ0v) is 18.5. The van der Waals surface area contributed by atoms with E-state index < -0.39 is 11.6 Å². The summed E-state index contributed by atoms with van der Waals surface area (Å²) in [5.74, 6) is 0.489. The number of thiophene rings is 1. The number of ether oxygens (including phenoxy) is 1. The number of hydrogen-bond acceptors (Lipinski definition) is 6. The first-order valence-corrected chi connectivity index (χ1v) is 11.5. The molecule has 156 valence electrons. The van der Waals surface area contributed by atoms with Crippen molar-refractivity contribution in [1.82, 2.24) is 15.2 Å². The number of carbonyl (C=O) groups is 2. The summed E-state index contributed by atoms with van der Waals surface area (Å²) < 4.78 is 5.28. The summed E-state index contributed by atoms with van der Waals surface area (Å²) in [4.78, 5) is 31.9. The van der Waals surface area contributed by atoms with Gasteiger partial charge in [0.15, 0.2) is 0 Å². The number of rotatable bonds is 5. The van der Waals surface area contributed by atoms with E-state index in [-0.39, 0.29) is 12.5 Å². The number of nitrogens with one attached hydrogen (secondary N) is 1. The zero-order valence-electron chi connectivity index (χ0n) is 16.9. The third kappa shape index (κ3) is 3.37. The molecule has 1 atom stereocenters. The number of benzene rings is 2. The highest BCUT2D eigenvalue weighted by molar-refractivity contribution is 7.14. The molecule has 2 aromatic heterocycles. The fourth-order valence-corrected chi connectivity index (χ4v) is 5.28. The molecule has 6 nitrogen and oxygen atoms in total. The predicted octanol–water partition coefficient (Wildman–Crippen LogP) is 5.00. The molecule has 2 aromatic carbocycles. The lowest BCUT2D eigenvalue weighted by atomic mass is 9.90. The summed E-state index contributed by atoms with van der Waals surface area (Å²) in [6.45, 7) is 1.89. The summed E-state index contributed by atoms with van der Waals surface area (Å²) in [6, 6.07) is 13.1. The smallest absolute Gasteiger partial charge is 0.325 e. The van der Waals surface area contributed by atoms with Crippen molar-refractivity contribution in [2.45, 2.75) is 19.0 Å². The number of thiazole rings is 1. The molecule has 4 aromatic rings. The van der Waals surface area contributed by atoms with Gasteiger partial charge in [0.1, 0.15) is 16.3 Å². The van der Waals surface area contributed by atoms with E-state index in [0.29, 0.717) is 5.69 Å². The van der Waals surface area contributed by atoms with Gasteiger partial charge in [-0.2, -0.15) is 11.3 Å². The SMILES string of the molecule is COc1ccc2cc(C3(C)NC(=O)N(Cc4csc(-c5ccsc5)n4)C3=O)ccc2c1. The van der Waals surface area contributed by atoms with Crippen molar-refractivity contribution in [3.8, 4) is 16.3 Å². The van der Waals surface area contributed by atoms with Crippen LogP contribution in [0, 0.1) is 0 Å². The van der Waals surface area contributed by atoms with E-state index in [4.69, 9.17) is 4.74 Å². The monoisotopic (exact) mass is 449 g/mol. The van der Waals surface area contributed by atoms with E-state index in [1.54, 1.807) is 25.4 Å². The minimum Gasteiger partial charge on any atom is -0.497 e. The van der Waals surface area contributed by atoms with Crippen LogP contribution in [-0.4, -0.2) is 28.9 Å². The number of nitrogens with zero attached hydrogens (tertiary/aromatic N) is 2. The van der Waals surface area contributed by atoms with Gasteiger partial charge >= 0.3 is 6.03 Å². The predicted molar refractivity (Wildman–Crippen MR) is 122 cm³/mol. The number of carbonyl (C=O) groups excluding carboxylic acids is 2. The van der Waals surface area contributed by atoms with Gasteiger partial charge in [-0.3, -0.25) is 9.69 Å². The summed E-state index contributed by atoms with van der Waals surface area (Å²) in [6.07, 6.45) is 0. The molecular weight excluding hydrogens is 430 g/mol.